The van der Waals surface area contributed by atoms with Crippen molar-refractivity contribution in [1.82, 2.24) is 55.5 Å². The van der Waals surface area contributed by atoms with Gasteiger partial charge in [0, 0.05) is 158 Å². The van der Waals surface area contributed by atoms with Crippen LogP contribution in [0.25, 0.3) is 16.5 Å². The second-order valence-electron chi connectivity index (χ2n) is 28.3. The van der Waals surface area contributed by atoms with Crippen molar-refractivity contribution in [2.24, 2.45) is 17.2 Å². The Morgan fingerprint density at radius 3 is 1.32 bits per heavy atom. The van der Waals surface area contributed by atoms with Crippen molar-refractivity contribution in [2.75, 3.05) is 99.8 Å². The molecule has 0 aliphatic carbocycles. The highest BCUT2D eigenvalue weighted by Crippen LogP contribution is 2.34. The van der Waals surface area contributed by atoms with Gasteiger partial charge in [-0.05, 0) is 166 Å². The third kappa shape index (κ3) is 41.8. The van der Waals surface area contributed by atoms with Crippen LogP contribution in [0.15, 0.2) is 225 Å². The van der Waals surface area contributed by atoms with E-state index in [1.165, 1.54) is 72.1 Å². The summed E-state index contributed by atoms with van der Waals surface area (Å²) >= 11 is 0. The first-order valence-electron chi connectivity index (χ1n) is 40.6. The molecule has 0 spiro atoms. The zero-order valence-corrected chi connectivity index (χ0v) is 74.8. The highest BCUT2D eigenvalue weighted by molar-refractivity contribution is 6.27. The fraction of sp³-hybridized carbons (Fsp3) is 0.287. The number of amides is 10. The lowest BCUT2D eigenvalue weighted by molar-refractivity contribution is -0.140. The summed E-state index contributed by atoms with van der Waals surface area (Å²) in [5.41, 5.74) is 33.7. The van der Waals surface area contributed by atoms with Gasteiger partial charge in [0.15, 0.2) is 0 Å². The molecular formula is C94H119N19O14. The Morgan fingerprint density at radius 2 is 0.890 bits per heavy atom. The summed E-state index contributed by atoms with van der Waals surface area (Å²) in [6, 6.07) is 66.9. The number of benzene rings is 9. The number of esters is 1. The second kappa shape index (κ2) is 57.6. The van der Waals surface area contributed by atoms with Crippen LogP contribution < -0.4 is 64.1 Å². The Kier molecular flexibility index (Phi) is 47.5. The number of primary amides is 1. The number of imide groups is 1. The van der Waals surface area contributed by atoms with E-state index in [0.717, 1.165) is 113 Å². The molecule has 0 saturated carbocycles. The molecule has 13 rings (SSSR count). The van der Waals surface area contributed by atoms with Crippen LogP contribution in [0.2, 0.25) is 0 Å². The standard InChI is InChI=1S/C16H15N3O3.C15H22N4O2.C11H13N3O.C10H11N3O.C10H14N2O.C10H13NO.2C8H9NO.C4H8O2.C2H5NO/c1-9(20)18-13-6-5-12-14-10(13)3-2-4-11(14)15(21)19(8-7-17)16(12)22;1-13(20)16-17-15(21)12-19-9-7-18(8-10-19)11-14-5-3-2-4-6-14;1-9-7-14(13-12-9)8-10-3-5-11(15-2)6-4-10;1-8-7-13(12-11-8)9-3-5-10(14-2)6-4-9;1-8(13)12-10-4-2-9(3-5-10)6-7-11;1-7-5-4-6-8(2)10(7)11-9(3)12;2*1-7(10)9-8-5-3-2-4-6-8;1-3-6-4(2)5;1-2(3)4/h2-6H,7-8,17H2,1H3,(H,18,20);2-6H,7-12H2,1H3,(H,16,20)(H,17,21);3-7H,8H2,1-2H3;3-7H,1-2H3;2-5H,6-7,11H2,1H3,(H,12,13);4-6H,1-3H3,(H,11,12);2*2-6H,1H3,(H,9,10);3H2,1-2H3;1H3,(H2,3,4). The first kappa shape index (κ1) is 105. The lowest BCUT2D eigenvalue weighted by Crippen LogP contribution is -2.51. The number of anilines is 5. The number of nitrogens with zero attached hydrogens (tertiary/aromatic N) is 9. The molecule has 1 fully saturated rings. The summed E-state index contributed by atoms with van der Waals surface area (Å²) in [5, 5.41) is 30.6. The average Bonchev–Trinajstić information content (AvgIpc) is 1.38. The number of ether oxygens (including phenoxy) is 3. The van der Waals surface area contributed by atoms with Crippen molar-refractivity contribution < 1.29 is 67.0 Å². The molecule has 10 amide bonds. The van der Waals surface area contributed by atoms with E-state index in [-0.39, 0.29) is 78.1 Å². The Bertz CT molecular complexity index is 5170. The number of nitrogens with one attached hydrogen (secondary N) is 7. The number of methoxy groups -OCH3 is 2. The van der Waals surface area contributed by atoms with Crippen molar-refractivity contribution >= 4 is 104 Å². The third-order valence-electron chi connectivity index (χ3n) is 17.2. The van der Waals surface area contributed by atoms with Crippen LogP contribution in [0.3, 0.4) is 0 Å². The smallest absolute Gasteiger partial charge is 0.302 e. The van der Waals surface area contributed by atoms with Crippen LogP contribution >= 0.6 is 0 Å². The van der Waals surface area contributed by atoms with Crippen LogP contribution in [-0.4, -0.2) is 183 Å². The zero-order chi connectivity index (χ0) is 93.8. The fourth-order valence-corrected chi connectivity index (χ4v) is 11.7. The maximum Gasteiger partial charge on any atom is 0.302 e. The SMILES string of the molecule is CC(=O)NNC(=O)CN1CCN(Cc2ccccc2)CC1.CC(=O)Nc1c(C)cccc1C.CC(=O)Nc1ccc(CCN)cc1.CC(=O)Nc1ccc2c3c(cccc13)C(=O)N(CCN)C2=O.CC(=O)Nc1ccccc1.CC(=O)Nc1ccccc1.CC(N)=O.CCOC(C)=O.COc1ccc(-n2cc(C)nn2)cc1.COc1ccc(Cn2cc(C)nn2)cc1. The van der Waals surface area contributed by atoms with Gasteiger partial charge < -0.3 is 58.0 Å². The Hall–Kier alpha value is -14.7. The molecule has 0 atom stereocenters. The molecular weight excluding hydrogens is 1620 g/mol. The molecule has 127 heavy (non-hydrogen) atoms. The molecule has 9 aromatic carbocycles. The van der Waals surface area contributed by atoms with E-state index in [0.29, 0.717) is 47.3 Å². The number of hydrazine groups is 1. The van der Waals surface area contributed by atoms with Gasteiger partial charge in [0.2, 0.25) is 41.4 Å². The number of aryl methyl sites for hydroxylation is 4. The minimum Gasteiger partial charge on any atom is -0.497 e. The predicted molar refractivity (Wildman–Crippen MR) is 495 cm³/mol. The van der Waals surface area contributed by atoms with Gasteiger partial charge in [0.25, 0.3) is 17.7 Å². The van der Waals surface area contributed by atoms with Gasteiger partial charge in [-0.25, -0.2) is 9.36 Å². The molecule has 33 heteroatoms. The summed E-state index contributed by atoms with van der Waals surface area (Å²) in [6.45, 7) is 28.2. The number of carbonyl (C=O) groups excluding carboxylic acids is 11. The van der Waals surface area contributed by atoms with Gasteiger partial charge in [-0.1, -0.05) is 132 Å². The van der Waals surface area contributed by atoms with Gasteiger partial charge in [0.1, 0.15) is 11.5 Å². The van der Waals surface area contributed by atoms with Crippen molar-refractivity contribution in [3.63, 3.8) is 0 Å². The van der Waals surface area contributed by atoms with E-state index < -0.39 is 0 Å². The number of rotatable bonds is 19. The number of para-hydroxylation sites is 3. The van der Waals surface area contributed by atoms with Gasteiger partial charge in [-0.15, -0.1) is 10.2 Å². The van der Waals surface area contributed by atoms with Gasteiger partial charge >= 0.3 is 5.97 Å². The molecule has 1 saturated heterocycles. The number of carbonyl (C=O) groups is 11. The summed E-state index contributed by atoms with van der Waals surface area (Å²) in [4.78, 5) is 126. The quantitative estimate of drug-likeness (QED) is 0.0204. The zero-order valence-electron chi connectivity index (χ0n) is 74.8. The third-order valence-corrected chi connectivity index (χ3v) is 17.2. The molecule has 2 aliphatic rings. The largest absolute Gasteiger partial charge is 0.497 e. The first-order chi connectivity index (χ1) is 60.6. The van der Waals surface area contributed by atoms with Crippen molar-refractivity contribution in [2.45, 2.75) is 110 Å². The number of piperazine rings is 1. The molecule has 4 heterocycles. The van der Waals surface area contributed by atoms with Crippen molar-refractivity contribution in [1.29, 1.82) is 0 Å². The normalized spacial score (nSPS) is 11.3. The first-order valence-corrected chi connectivity index (χ1v) is 40.6. The van der Waals surface area contributed by atoms with E-state index in [9.17, 15) is 52.7 Å². The number of aromatic nitrogens is 6. The maximum atomic E-state index is 12.5. The van der Waals surface area contributed by atoms with Crippen LogP contribution in [0.5, 0.6) is 11.5 Å². The summed E-state index contributed by atoms with van der Waals surface area (Å²) < 4.78 is 18.1. The Balaban J connectivity index is 0.000000303. The van der Waals surface area contributed by atoms with E-state index in [4.69, 9.17) is 20.9 Å². The Morgan fingerprint density at radius 1 is 0.441 bits per heavy atom. The predicted octanol–water partition coefficient (Wildman–Crippen LogP) is 11.3. The molecule has 0 radical (unpaired) electrons. The number of hydrogen-bond donors (Lipinski definition) is 10. The highest BCUT2D eigenvalue weighted by atomic mass is 16.5. The second-order valence-corrected chi connectivity index (χ2v) is 28.3. The molecule has 674 valence electrons. The van der Waals surface area contributed by atoms with Gasteiger partial charge in [0.05, 0.1) is 57.2 Å². The molecule has 2 aromatic heterocycles. The van der Waals surface area contributed by atoms with Gasteiger partial charge in [-0.3, -0.25) is 78.3 Å². The topological polar surface area (TPSA) is 449 Å². The average molecular weight is 1740 g/mol. The summed E-state index contributed by atoms with van der Waals surface area (Å²) in [6.07, 6.45) is 4.67. The Labute approximate surface area is 741 Å². The number of nitrogens with two attached hydrogens (primary N) is 3. The van der Waals surface area contributed by atoms with E-state index in [2.05, 4.69) is 103 Å². The molecule has 2 aliphatic heterocycles. The molecule has 13 N–H and O–H groups in total. The molecule has 33 nitrogen and oxygen atoms in total. The molecule has 0 unspecified atom stereocenters. The number of hydrogen-bond acceptors (Lipinski definition) is 22. The molecule has 11 aromatic rings. The maximum absolute atomic E-state index is 12.5. The fourth-order valence-electron chi connectivity index (χ4n) is 11.7. The minimum absolute atomic E-state index is 0.0209. The van der Waals surface area contributed by atoms with E-state index in [1.54, 1.807) is 56.2 Å². The summed E-state index contributed by atoms with van der Waals surface area (Å²) in [5.74, 6) is -0.341. The van der Waals surface area contributed by atoms with Crippen LogP contribution in [0, 0.1) is 27.7 Å². The van der Waals surface area contributed by atoms with E-state index >= 15 is 0 Å². The van der Waals surface area contributed by atoms with Gasteiger partial charge in [-0.2, -0.15) is 0 Å². The monoisotopic (exact) mass is 1740 g/mol. The lowest BCUT2D eigenvalue weighted by atomic mass is 9.93. The van der Waals surface area contributed by atoms with Crippen molar-refractivity contribution in [3.8, 4) is 17.2 Å². The van der Waals surface area contributed by atoms with Crippen LogP contribution in [0.4, 0.5) is 28.4 Å². The lowest BCUT2D eigenvalue weighted by Gasteiger charge is -2.34. The highest BCUT2D eigenvalue weighted by Gasteiger charge is 2.33. The molecule has 0 bridgehead atoms. The van der Waals surface area contributed by atoms with Crippen LogP contribution in [0.1, 0.15) is 122 Å². The van der Waals surface area contributed by atoms with E-state index in [1.807, 2.05) is 202 Å². The van der Waals surface area contributed by atoms with Crippen molar-refractivity contribution in [3.05, 3.63) is 275 Å². The summed E-state index contributed by atoms with van der Waals surface area (Å²) in [7, 11) is 3.31. The van der Waals surface area contributed by atoms with Crippen LogP contribution in [-0.2, 0) is 67.4 Å². The minimum atomic E-state index is -0.353.